The zero-order valence-electron chi connectivity index (χ0n) is 18.1. The summed E-state index contributed by atoms with van der Waals surface area (Å²) in [5.74, 6) is -4.73. The SMILES string of the molecule is O=C(/C=C/c1ccc(CN(CC2=CCCCC2)S(=O)(=O)C2=CC(F)C(F)C(F)=C2F)cc1)NO. The van der Waals surface area contributed by atoms with Crippen molar-refractivity contribution in [1.29, 1.82) is 0 Å². The van der Waals surface area contributed by atoms with Crippen LogP contribution in [0.2, 0.25) is 0 Å². The van der Waals surface area contributed by atoms with Crippen LogP contribution < -0.4 is 5.48 Å². The molecule has 6 nitrogen and oxygen atoms in total. The van der Waals surface area contributed by atoms with E-state index < -0.39 is 44.8 Å². The van der Waals surface area contributed by atoms with E-state index in [0.717, 1.165) is 35.2 Å². The monoisotopic (exact) mass is 500 g/mol. The van der Waals surface area contributed by atoms with E-state index in [-0.39, 0.29) is 19.2 Å². The van der Waals surface area contributed by atoms with Gasteiger partial charge in [-0.15, -0.1) is 0 Å². The van der Waals surface area contributed by atoms with Gasteiger partial charge in [0.05, 0.1) is 0 Å². The van der Waals surface area contributed by atoms with Crippen LogP contribution in [0.5, 0.6) is 0 Å². The van der Waals surface area contributed by atoms with Gasteiger partial charge in [0.2, 0.25) is 10.0 Å². The molecule has 34 heavy (non-hydrogen) atoms. The normalized spacial score (nSPS) is 21.6. The predicted octanol–water partition coefficient (Wildman–Crippen LogP) is 4.56. The number of sulfonamides is 1. The predicted molar refractivity (Wildman–Crippen MR) is 118 cm³/mol. The smallest absolute Gasteiger partial charge is 0.267 e. The first-order valence-corrected chi connectivity index (χ1v) is 12.0. The van der Waals surface area contributed by atoms with E-state index in [9.17, 15) is 30.8 Å². The number of alkyl halides is 2. The molecule has 0 saturated heterocycles. The third-order valence-electron chi connectivity index (χ3n) is 5.52. The maximum atomic E-state index is 14.4. The Morgan fingerprint density at radius 2 is 1.85 bits per heavy atom. The van der Waals surface area contributed by atoms with Crippen molar-refractivity contribution in [3.05, 3.63) is 75.8 Å². The topological polar surface area (TPSA) is 86.7 Å². The Hall–Kier alpha value is -2.76. The molecule has 2 aliphatic rings. The van der Waals surface area contributed by atoms with Gasteiger partial charge in [-0.25, -0.2) is 31.5 Å². The minimum absolute atomic E-state index is 0.108. The van der Waals surface area contributed by atoms with Crippen LogP contribution in [-0.2, 0) is 21.4 Å². The molecule has 0 aromatic heterocycles. The average Bonchev–Trinajstić information content (AvgIpc) is 2.84. The summed E-state index contributed by atoms with van der Waals surface area (Å²) in [6, 6.07) is 6.33. The zero-order chi connectivity index (χ0) is 24.9. The molecule has 2 aliphatic carbocycles. The van der Waals surface area contributed by atoms with E-state index in [2.05, 4.69) is 0 Å². The lowest BCUT2D eigenvalue weighted by Crippen LogP contribution is -2.36. The number of rotatable bonds is 8. The Balaban J connectivity index is 1.91. The molecule has 2 unspecified atom stereocenters. The first-order valence-electron chi connectivity index (χ1n) is 10.6. The largest absolute Gasteiger partial charge is 0.288 e. The molecule has 2 atom stereocenters. The Kier molecular flexibility index (Phi) is 8.45. The third-order valence-corrected chi connectivity index (χ3v) is 7.33. The first kappa shape index (κ1) is 25.9. The minimum Gasteiger partial charge on any atom is -0.288 e. The lowest BCUT2D eigenvalue weighted by molar-refractivity contribution is -0.124. The van der Waals surface area contributed by atoms with Gasteiger partial charge in [-0.1, -0.05) is 35.9 Å². The number of nitrogens with zero attached hydrogens (tertiary/aromatic N) is 1. The number of halogens is 4. The number of hydrogen-bond acceptors (Lipinski definition) is 4. The molecular formula is C23H24F4N2O4S. The number of benzene rings is 1. The molecule has 1 aromatic rings. The van der Waals surface area contributed by atoms with Gasteiger partial charge in [0.15, 0.2) is 24.0 Å². The van der Waals surface area contributed by atoms with Crippen LogP contribution in [0.25, 0.3) is 6.08 Å². The van der Waals surface area contributed by atoms with Gasteiger partial charge in [-0.05, 0) is 49.0 Å². The molecular weight excluding hydrogens is 476 g/mol. The van der Waals surface area contributed by atoms with Crippen molar-refractivity contribution in [3.8, 4) is 0 Å². The number of nitrogens with one attached hydrogen (secondary N) is 1. The quantitative estimate of drug-likeness (QED) is 0.180. The summed E-state index contributed by atoms with van der Waals surface area (Å²) in [7, 11) is -4.72. The van der Waals surface area contributed by atoms with Crippen LogP contribution in [0.4, 0.5) is 17.6 Å². The molecule has 1 amide bonds. The summed E-state index contributed by atoms with van der Waals surface area (Å²) in [5, 5.41) is 8.52. The van der Waals surface area contributed by atoms with Crippen LogP contribution in [0.3, 0.4) is 0 Å². The number of allylic oxidation sites excluding steroid dienone is 4. The lowest BCUT2D eigenvalue weighted by Gasteiger charge is -2.27. The maximum absolute atomic E-state index is 14.4. The first-order chi connectivity index (χ1) is 16.1. The Bertz CT molecular complexity index is 1140. The van der Waals surface area contributed by atoms with Gasteiger partial charge in [0.1, 0.15) is 4.91 Å². The molecule has 0 bridgehead atoms. The van der Waals surface area contributed by atoms with Gasteiger partial charge in [-0.3, -0.25) is 10.0 Å². The maximum Gasteiger partial charge on any atom is 0.267 e. The summed E-state index contributed by atoms with van der Waals surface area (Å²) >= 11 is 0. The molecule has 0 spiro atoms. The van der Waals surface area contributed by atoms with E-state index >= 15 is 0 Å². The molecule has 3 rings (SSSR count). The van der Waals surface area contributed by atoms with Crippen LogP contribution in [-0.4, -0.2) is 42.7 Å². The van der Waals surface area contributed by atoms with Gasteiger partial charge >= 0.3 is 0 Å². The Morgan fingerprint density at radius 3 is 2.47 bits per heavy atom. The van der Waals surface area contributed by atoms with Crippen LogP contribution in [0, 0.1) is 0 Å². The number of hydrogen-bond donors (Lipinski definition) is 2. The second-order valence-electron chi connectivity index (χ2n) is 7.97. The molecule has 0 fully saturated rings. The van der Waals surface area contributed by atoms with Crippen molar-refractivity contribution < 1.29 is 36.0 Å². The van der Waals surface area contributed by atoms with Crippen molar-refractivity contribution >= 4 is 22.0 Å². The van der Waals surface area contributed by atoms with E-state index in [1.807, 2.05) is 6.08 Å². The molecule has 2 N–H and O–H groups in total. The van der Waals surface area contributed by atoms with Gasteiger partial charge in [-0.2, -0.15) is 4.31 Å². The summed E-state index contributed by atoms with van der Waals surface area (Å²) in [6.07, 6.45) is 2.35. The standard InChI is InChI=1S/C23H24F4N2O4S/c24-18-12-19(22(26)23(27)21(18)25)34(32,33)29(13-16-4-2-1-3-5-16)14-17-8-6-15(7-9-17)10-11-20(30)28-31/h4,6-12,18,21,31H,1-3,5,13-14H2,(H,28,30)/b11-10+. The highest BCUT2D eigenvalue weighted by Crippen LogP contribution is 2.36. The second-order valence-corrected chi connectivity index (χ2v) is 9.88. The van der Waals surface area contributed by atoms with Crippen molar-refractivity contribution in [2.24, 2.45) is 0 Å². The van der Waals surface area contributed by atoms with Crippen LogP contribution in [0.1, 0.15) is 36.8 Å². The summed E-state index contributed by atoms with van der Waals surface area (Å²) < 4.78 is 83.1. The van der Waals surface area contributed by atoms with Gasteiger partial charge in [0.25, 0.3) is 5.91 Å². The van der Waals surface area contributed by atoms with Crippen molar-refractivity contribution in [2.45, 2.75) is 44.6 Å². The highest BCUT2D eigenvalue weighted by atomic mass is 32.2. The summed E-state index contributed by atoms with van der Waals surface area (Å²) in [4.78, 5) is 9.87. The van der Waals surface area contributed by atoms with E-state index in [1.165, 1.54) is 11.6 Å². The second kappa shape index (κ2) is 11.1. The van der Waals surface area contributed by atoms with Crippen LogP contribution >= 0.6 is 0 Å². The molecule has 0 saturated carbocycles. The van der Waals surface area contributed by atoms with E-state index in [0.29, 0.717) is 17.5 Å². The minimum atomic E-state index is -4.72. The number of amides is 1. The third kappa shape index (κ3) is 6.02. The fourth-order valence-electron chi connectivity index (χ4n) is 3.67. The van der Waals surface area contributed by atoms with E-state index in [1.54, 1.807) is 24.3 Å². The van der Waals surface area contributed by atoms with Crippen molar-refractivity contribution in [2.75, 3.05) is 6.54 Å². The summed E-state index contributed by atoms with van der Waals surface area (Å²) in [5.41, 5.74) is 3.32. The fraction of sp³-hybridized carbons (Fsp3) is 0.348. The Labute approximate surface area is 195 Å². The zero-order valence-corrected chi connectivity index (χ0v) is 18.9. The number of carbonyl (C=O) groups excluding carboxylic acids is 1. The number of hydroxylamine groups is 1. The Morgan fingerprint density at radius 1 is 1.15 bits per heavy atom. The lowest BCUT2D eigenvalue weighted by atomic mass is 9.99. The van der Waals surface area contributed by atoms with Crippen molar-refractivity contribution in [3.63, 3.8) is 0 Å². The van der Waals surface area contributed by atoms with Crippen LogP contribution in [0.15, 0.2) is 64.6 Å². The highest BCUT2D eigenvalue weighted by molar-refractivity contribution is 7.93. The highest BCUT2D eigenvalue weighted by Gasteiger charge is 2.40. The molecule has 184 valence electrons. The van der Waals surface area contributed by atoms with Gasteiger partial charge in [0, 0.05) is 19.2 Å². The average molecular weight is 501 g/mol. The summed E-state index contributed by atoms with van der Waals surface area (Å²) in [6.45, 7) is -0.341. The molecule has 0 aliphatic heterocycles. The number of carbonyl (C=O) groups is 1. The fourth-order valence-corrected chi connectivity index (χ4v) is 5.23. The molecule has 0 radical (unpaired) electrons. The van der Waals surface area contributed by atoms with Gasteiger partial charge < -0.3 is 0 Å². The molecule has 1 aromatic carbocycles. The molecule has 11 heteroatoms. The van der Waals surface area contributed by atoms with E-state index in [4.69, 9.17) is 5.21 Å². The van der Waals surface area contributed by atoms with Crippen molar-refractivity contribution in [1.82, 2.24) is 9.79 Å². The molecule has 0 heterocycles.